The van der Waals surface area contributed by atoms with Crippen molar-refractivity contribution in [3.05, 3.63) is 53.6 Å². The van der Waals surface area contributed by atoms with E-state index in [-0.39, 0.29) is 12.2 Å². The summed E-state index contributed by atoms with van der Waals surface area (Å²) in [4.78, 5) is 15.0. The molecule has 1 N–H and O–H groups in total. The molecule has 0 radical (unpaired) electrons. The lowest BCUT2D eigenvalue weighted by Crippen LogP contribution is -2.40. The third kappa shape index (κ3) is 7.08. The second-order valence-corrected chi connectivity index (χ2v) is 9.70. The number of nitrogens with one attached hydrogen (secondary N) is 1. The maximum atomic E-state index is 12.6. The first-order valence-electron chi connectivity index (χ1n) is 10.6. The molecule has 2 aromatic rings. The van der Waals surface area contributed by atoms with E-state index in [1.165, 1.54) is 25.8 Å². The maximum Gasteiger partial charge on any atom is 0.241 e. The van der Waals surface area contributed by atoms with E-state index < -0.39 is 15.9 Å². The van der Waals surface area contributed by atoms with E-state index >= 15 is 0 Å². The Labute approximate surface area is 195 Å². The Morgan fingerprint density at radius 1 is 1.06 bits per heavy atom. The molecule has 180 valence electrons. The number of sulfonamides is 1. The van der Waals surface area contributed by atoms with Crippen molar-refractivity contribution in [1.82, 2.24) is 10.2 Å². The second-order valence-electron chi connectivity index (χ2n) is 7.79. The summed E-state index contributed by atoms with van der Waals surface area (Å²) in [5.41, 5.74) is 2.36. The van der Waals surface area contributed by atoms with Crippen LogP contribution in [-0.4, -0.2) is 72.5 Å². The van der Waals surface area contributed by atoms with Crippen LogP contribution in [-0.2, 0) is 32.6 Å². The van der Waals surface area contributed by atoms with Gasteiger partial charge in [0.05, 0.1) is 39.4 Å². The Morgan fingerprint density at radius 3 is 2.33 bits per heavy atom. The van der Waals surface area contributed by atoms with E-state index in [4.69, 9.17) is 14.2 Å². The maximum absolute atomic E-state index is 12.6. The van der Waals surface area contributed by atoms with Gasteiger partial charge in [-0.25, -0.2) is 8.42 Å². The van der Waals surface area contributed by atoms with Gasteiger partial charge < -0.3 is 19.5 Å². The monoisotopic (exact) mass is 477 g/mol. The molecule has 9 nitrogen and oxygen atoms in total. The topological polar surface area (TPSA) is 97.4 Å². The molecule has 1 aliphatic heterocycles. The molecule has 0 aliphatic carbocycles. The lowest BCUT2D eigenvalue weighted by Gasteiger charge is -2.26. The minimum atomic E-state index is -3.75. The Kier molecular flexibility index (Phi) is 8.54. The lowest BCUT2D eigenvalue weighted by atomic mass is 10.1. The van der Waals surface area contributed by atoms with Crippen LogP contribution in [0.5, 0.6) is 11.5 Å². The molecule has 0 atom stereocenters. The number of nitrogens with zero attached hydrogens (tertiary/aromatic N) is 2. The van der Waals surface area contributed by atoms with Gasteiger partial charge in [-0.2, -0.15) is 0 Å². The molecular formula is C23H31N3O6S. The molecule has 0 saturated carbocycles. The van der Waals surface area contributed by atoms with Gasteiger partial charge in [-0.1, -0.05) is 24.3 Å². The van der Waals surface area contributed by atoms with Crippen LogP contribution in [0.15, 0.2) is 42.5 Å². The molecule has 1 fully saturated rings. The number of hydrogen-bond acceptors (Lipinski definition) is 7. The van der Waals surface area contributed by atoms with Crippen molar-refractivity contribution in [1.29, 1.82) is 0 Å². The number of carbonyl (C=O) groups is 1. The van der Waals surface area contributed by atoms with Gasteiger partial charge >= 0.3 is 0 Å². The molecule has 1 saturated heterocycles. The number of hydrogen-bond donors (Lipinski definition) is 1. The average molecular weight is 478 g/mol. The van der Waals surface area contributed by atoms with Gasteiger partial charge in [0.2, 0.25) is 15.9 Å². The van der Waals surface area contributed by atoms with Crippen LogP contribution >= 0.6 is 0 Å². The van der Waals surface area contributed by atoms with E-state index in [0.29, 0.717) is 18.0 Å². The molecule has 0 spiro atoms. The zero-order valence-corrected chi connectivity index (χ0v) is 20.1. The Morgan fingerprint density at radius 2 is 1.73 bits per heavy atom. The number of ether oxygens (including phenoxy) is 3. The largest absolute Gasteiger partial charge is 0.497 e. The number of rotatable bonds is 10. The minimum Gasteiger partial charge on any atom is -0.497 e. The molecule has 33 heavy (non-hydrogen) atoms. The summed E-state index contributed by atoms with van der Waals surface area (Å²) >= 11 is 0. The van der Waals surface area contributed by atoms with Crippen molar-refractivity contribution in [2.75, 3.05) is 57.6 Å². The smallest absolute Gasteiger partial charge is 0.241 e. The third-order valence-corrected chi connectivity index (χ3v) is 6.49. The molecule has 0 aromatic heterocycles. The van der Waals surface area contributed by atoms with Crippen molar-refractivity contribution < 1.29 is 27.4 Å². The van der Waals surface area contributed by atoms with Gasteiger partial charge in [0.25, 0.3) is 0 Å². The standard InChI is InChI=1S/C23H31N3O6S/c1-30-20-8-9-22(31-2)21(14-20)26(33(3,28)29)17-23(27)24-15-18-4-6-19(7-5-18)16-25-10-12-32-13-11-25/h4-9,14H,10-13,15-17H2,1-3H3,(H,24,27). The van der Waals surface area contributed by atoms with E-state index in [1.54, 1.807) is 12.1 Å². The quantitative estimate of drug-likeness (QED) is 0.555. The first kappa shape index (κ1) is 24.8. The number of anilines is 1. The van der Waals surface area contributed by atoms with E-state index in [2.05, 4.69) is 10.2 Å². The van der Waals surface area contributed by atoms with Crippen LogP contribution in [0.2, 0.25) is 0 Å². The van der Waals surface area contributed by atoms with Gasteiger partial charge in [-0.15, -0.1) is 0 Å². The summed E-state index contributed by atoms with van der Waals surface area (Å²) in [5, 5.41) is 2.79. The van der Waals surface area contributed by atoms with Gasteiger partial charge in [0.15, 0.2) is 0 Å². The summed E-state index contributed by atoms with van der Waals surface area (Å²) < 4.78 is 41.8. The highest BCUT2D eigenvalue weighted by molar-refractivity contribution is 7.92. The molecule has 0 unspecified atom stereocenters. The van der Waals surface area contributed by atoms with Gasteiger partial charge in [0, 0.05) is 32.2 Å². The molecule has 1 aliphatic rings. The van der Waals surface area contributed by atoms with Crippen LogP contribution in [0.4, 0.5) is 5.69 Å². The summed E-state index contributed by atoms with van der Waals surface area (Å²) in [5.74, 6) is 0.351. The summed E-state index contributed by atoms with van der Waals surface area (Å²) in [6, 6.07) is 12.8. The molecule has 0 bridgehead atoms. The van der Waals surface area contributed by atoms with Crippen molar-refractivity contribution in [2.24, 2.45) is 0 Å². The van der Waals surface area contributed by atoms with Crippen LogP contribution in [0.3, 0.4) is 0 Å². The molecule has 10 heteroatoms. The highest BCUT2D eigenvalue weighted by atomic mass is 32.2. The van der Waals surface area contributed by atoms with Crippen molar-refractivity contribution in [3.63, 3.8) is 0 Å². The highest BCUT2D eigenvalue weighted by Crippen LogP contribution is 2.33. The Bertz CT molecular complexity index is 1040. The van der Waals surface area contributed by atoms with Crippen molar-refractivity contribution >= 4 is 21.6 Å². The fraction of sp³-hybridized carbons (Fsp3) is 0.435. The Balaban J connectivity index is 1.62. The predicted octanol–water partition coefficient (Wildman–Crippen LogP) is 1.62. The lowest BCUT2D eigenvalue weighted by molar-refractivity contribution is -0.119. The van der Waals surface area contributed by atoms with Gasteiger partial charge in [-0.05, 0) is 23.3 Å². The summed E-state index contributed by atoms with van der Waals surface area (Å²) in [6.45, 7) is 4.15. The van der Waals surface area contributed by atoms with E-state index in [1.807, 2.05) is 24.3 Å². The average Bonchev–Trinajstić information content (AvgIpc) is 2.81. The number of carbonyl (C=O) groups excluding carboxylic acids is 1. The van der Waals surface area contributed by atoms with Crippen LogP contribution in [0.25, 0.3) is 0 Å². The predicted molar refractivity (Wildman–Crippen MR) is 126 cm³/mol. The SMILES string of the molecule is COc1ccc(OC)c(N(CC(=O)NCc2ccc(CN3CCOCC3)cc2)S(C)(=O)=O)c1. The number of morpholine rings is 1. The van der Waals surface area contributed by atoms with E-state index in [9.17, 15) is 13.2 Å². The van der Waals surface area contributed by atoms with Gasteiger partial charge in [0.1, 0.15) is 18.0 Å². The van der Waals surface area contributed by atoms with Crippen molar-refractivity contribution in [2.45, 2.75) is 13.1 Å². The minimum absolute atomic E-state index is 0.238. The van der Waals surface area contributed by atoms with Gasteiger partial charge in [-0.3, -0.25) is 14.0 Å². The van der Waals surface area contributed by atoms with E-state index in [0.717, 1.165) is 49.0 Å². The number of methoxy groups -OCH3 is 2. The van der Waals surface area contributed by atoms with Crippen molar-refractivity contribution in [3.8, 4) is 11.5 Å². The first-order valence-corrected chi connectivity index (χ1v) is 12.5. The first-order chi connectivity index (χ1) is 15.8. The van der Waals surface area contributed by atoms with Crippen LogP contribution < -0.4 is 19.1 Å². The zero-order chi connectivity index (χ0) is 23.8. The fourth-order valence-corrected chi connectivity index (χ4v) is 4.39. The summed E-state index contributed by atoms with van der Waals surface area (Å²) in [7, 11) is -0.829. The number of amides is 1. The highest BCUT2D eigenvalue weighted by Gasteiger charge is 2.24. The Hall–Kier alpha value is -2.82. The molecule has 2 aromatic carbocycles. The molecular weight excluding hydrogens is 446 g/mol. The normalized spacial score (nSPS) is 14.5. The second kappa shape index (κ2) is 11.4. The third-order valence-electron chi connectivity index (χ3n) is 5.36. The zero-order valence-electron chi connectivity index (χ0n) is 19.2. The van der Waals surface area contributed by atoms with Crippen LogP contribution in [0.1, 0.15) is 11.1 Å². The molecule has 1 heterocycles. The summed E-state index contributed by atoms with van der Waals surface area (Å²) in [6.07, 6.45) is 1.05. The number of benzene rings is 2. The fourth-order valence-electron chi connectivity index (χ4n) is 3.54. The van der Waals surface area contributed by atoms with Crippen LogP contribution in [0, 0.1) is 0 Å². The molecule has 3 rings (SSSR count). The molecule has 1 amide bonds.